The molecule has 0 aliphatic heterocycles. The fourth-order valence-corrected chi connectivity index (χ4v) is 2.61. The molecule has 1 aromatic carbocycles. The molecule has 0 spiro atoms. The van der Waals surface area contributed by atoms with Crippen LogP contribution in [0, 0.1) is 12.3 Å². The van der Waals surface area contributed by atoms with Crippen molar-refractivity contribution in [2.45, 2.75) is 38.8 Å². The van der Waals surface area contributed by atoms with Crippen LogP contribution in [0.15, 0.2) is 24.3 Å². The summed E-state index contributed by atoms with van der Waals surface area (Å²) in [5.41, 5.74) is 2.56. The summed E-state index contributed by atoms with van der Waals surface area (Å²) in [6, 6.07) is 8.43. The summed E-state index contributed by atoms with van der Waals surface area (Å²) >= 11 is 0. The van der Waals surface area contributed by atoms with Crippen molar-refractivity contribution < 1.29 is 4.79 Å². The summed E-state index contributed by atoms with van der Waals surface area (Å²) in [6.45, 7) is 4.25. The van der Waals surface area contributed by atoms with E-state index in [1.54, 1.807) is 4.90 Å². The van der Waals surface area contributed by atoms with Crippen LogP contribution in [0.2, 0.25) is 0 Å². The van der Waals surface area contributed by atoms with Gasteiger partial charge in [0.25, 0.3) is 0 Å². The largest absolute Gasteiger partial charge is 0.336 e. The van der Waals surface area contributed by atoms with E-state index in [1.807, 2.05) is 26.0 Å². The number of terminal acetylenes is 1. The Bertz CT molecular complexity index is 502. The third-order valence-electron chi connectivity index (χ3n) is 3.41. The van der Waals surface area contributed by atoms with Crippen LogP contribution in [-0.4, -0.2) is 23.5 Å². The molecule has 0 radical (unpaired) electrons. The molecular weight excluding hydrogens is 236 g/mol. The Labute approximate surface area is 115 Å². The molecule has 0 saturated carbocycles. The first kappa shape index (κ1) is 13.5. The van der Waals surface area contributed by atoms with Gasteiger partial charge in [-0.15, -0.1) is 6.42 Å². The molecule has 0 saturated heterocycles. The number of fused-ring (bicyclic) bond motifs is 1. The van der Waals surface area contributed by atoms with Crippen molar-refractivity contribution in [3.05, 3.63) is 35.4 Å². The second-order valence-electron chi connectivity index (χ2n) is 5.19. The van der Waals surface area contributed by atoms with Crippen LogP contribution in [0.25, 0.3) is 0 Å². The molecular formula is C16H20N2O. The number of aryl methyl sites for hydroxylation is 1. The first-order chi connectivity index (χ1) is 9.13. The lowest BCUT2D eigenvalue weighted by molar-refractivity contribution is 0.180. The Morgan fingerprint density at radius 2 is 2.26 bits per heavy atom. The van der Waals surface area contributed by atoms with Gasteiger partial charge in [0.2, 0.25) is 0 Å². The molecule has 1 aliphatic rings. The van der Waals surface area contributed by atoms with Crippen LogP contribution in [-0.2, 0) is 6.42 Å². The topological polar surface area (TPSA) is 32.3 Å². The molecule has 100 valence electrons. The number of carbonyl (C=O) groups is 1. The van der Waals surface area contributed by atoms with Gasteiger partial charge in [0.05, 0.1) is 12.6 Å². The summed E-state index contributed by atoms with van der Waals surface area (Å²) in [7, 11) is 0. The number of benzene rings is 1. The highest BCUT2D eigenvalue weighted by molar-refractivity contribution is 5.75. The third kappa shape index (κ3) is 2.90. The average Bonchev–Trinajstić information content (AvgIpc) is 2.78. The van der Waals surface area contributed by atoms with E-state index in [-0.39, 0.29) is 18.1 Å². The molecule has 3 nitrogen and oxygen atoms in total. The monoisotopic (exact) mass is 256 g/mol. The normalized spacial score (nSPS) is 16.8. The van der Waals surface area contributed by atoms with E-state index >= 15 is 0 Å². The summed E-state index contributed by atoms with van der Waals surface area (Å²) in [5, 5.41) is 2.93. The van der Waals surface area contributed by atoms with Crippen molar-refractivity contribution in [3.8, 4) is 12.3 Å². The van der Waals surface area contributed by atoms with E-state index in [2.05, 4.69) is 23.4 Å². The van der Waals surface area contributed by atoms with Gasteiger partial charge in [-0.3, -0.25) is 0 Å². The van der Waals surface area contributed by atoms with Crippen molar-refractivity contribution in [2.24, 2.45) is 0 Å². The van der Waals surface area contributed by atoms with Gasteiger partial charge in [-0.1, -0.05) is 30.2 Å². The average molecular weight is 256 g/mol. The minimum absolute atomic E-state index is 0.0744. The van der Waals surface area contributed by atoms with Gasteiger partial charge in [0.1, 0.15) is 0 Å². The van der Waals surface area contributed by atoms with Crippen LogP contribution < -0.4 is 5.32 Å². The van der Waals surface area contributed by atoms with E-state index in [0.717, 1.165) is 12.8 Å². The molecule has 0 fully saturated rings. The molecule has 0 bridgehead atoms. The number of hydrogen-bond acceptors (Lipinski definition) is 1. The summed E-state index contributed by atoms with van der Waals surface area (Å²) in [4.78, 5) is 14.0. The predicted molar refractivity (Wildman–Crippen MR) is 76.7 cm³/mol. The van der Waals surface area contributed by atoms with Gasteiger partial charge in [-0.2, -0.15) is 0 Å². The smallest absolute Gasteiger partial charge is 0.318 e. The second-order valence-corrected chi connectivity index (χ2v) is 5.19. The van der Waals surface area contributed by atoms with Gasteiger partial charge in [-0.05, 0) is 37.8 Å². The number of nitrogens with zero attached hydrogens (tertiary/aromatic N) is 1. The first-order valence-corrected chi connectivity index (χ1v) is 6.72. The predicted octanol–water partition coefficient (Wildman–Crippen LogP) is 2.73. The zero-order valence-corrected chi connectivity index (χ0v) is 11.5. The van der Waals surface area contributed by atoms with Gasteiger partial charge in [0, 0.05) is 6.04 Å². The van der Waals surface area contributed by atoms with E-state index < -0.39 is 0 Å². The maximum Gasteiger partial charge on any atom is 0.318 e. The van der Waals surface area contributed by atoms with Crippen molar-refractivity contribution >= 4 is 6.03 Å². The van der Waals surface area contributed by atoms with Crippen LogP contribution in [0.4, 0.5) is 4.79 Å². The van der Waals surface area contributed by atoms with E-state index in [4.69, 9.17) is 6.42 Å². The maximum absolute atomic E-state index is 12.3. The van der Waals surface area contributed by atoms with Crippen molar-refractivity contribution in [1.82, 2.24) is 10.2 Å². The molecule has 3 heteroatoms. The van der Waals surface area contributed by atoms with Crippen molar-refractivity contribution in [1.29, 1.82) is 0 Å². The van der Waals surface area contributed by atoms with E-state index in [9.17, 15) is 4.79 Å². The molecule has 1 N–H and O–H groups in total. The quantitative estimate of drug-likeness (QED) is 0.829. The third-order valence-corrected chi connectivity index (χ3v) is 3.41. The van der Waals surface area contributed by atoms with Gasteiger partial charge >= 0.3 is 6.03 Å². The highest BCUT2D eigenvalue weighted by atomic mass is 16.2. The molecule has 0 unspecified atom stereocenters. The number of urea groups is 1. The van der Waals surface area contributed by atoms with Gasteiger partial charge in [-0.25, -0.2) is 4.79 Å². The number of amides is 2. The minimum atomic E-state index is -0.0744. The summed E-state index contributed by atoms with van der Waals surface area (Å²) < 4.78 is 0. The Morgan fingerprint density at radius 3 is 2.95 bits per heavy atom. The van der Waals surface area contributed by atoms with Gasteiger partial charge in [0.15, 0.2) is 0 Å². The second kappa shape index (κ2) is 5.79. The van der Waals surface area contributed by atoms with Crippen LogP contribution in [0.5, 0.6) is 0 Å². The maximum atomic E-state index is 12.3. The lowest BCUT2D eigenvalue weighted by Gasteiger charge is -2.29. The molecule has 2 amide bonds. The van der Waals surface area contributed by atoms with Crippen LogP contribution in [0.1, 0.15) is 37.4 Å². The summed E-state index contributed by atoms with van der Waals surface area (Å²) in [5.74, 6) is 2.59. The van der Waals surface area contributed by atoms with E-state index in [0.29, 0.717) is 6.54 Å². The Kier molecular flexibility index (Phi) is 4.11. The molecule has 1 aromatic rings. The minimum Gasteiger partial charge on any atom is -0.336 e. The van der Waals surface area contributed by atoms with Crippen molar-refractivity contribution in [3.63, 3.8) is 0 Å². The lowest BCUT2D eigenvalue weighted by atomic mass is 10.1. The number of nitrogens with one attached hydrogen (secondary N) is 1. The zero-order valence-electron chi connectivity index (χ0n) is 11.5. The Hall–Kier alpha value is -1.95. The first-order valence-electron chi connectivity index (χ1n) is 6.72. The number of carbonyl (C=O) groups excluding carboxylic acids is 1. The SMILES string of the molecule is C#CCN(C(=O)NC(C)C)[C@H]1CCc2ccccc21. The molecule has 1 aliphatic carbocycles. The van der Waals surface area contributed by atoms with Crippen molar-refractivity contribution in [2.75, 3.05) is 6.54 Å². The Balaban J connectivity index is 2.22. The molecule has 19 heavy (non-hydrogen) atoms. The van der Waals surface area contributed by atoms with Gasteiger partial charge < -0.3 is 10.2 Å². The molecule has 0 aromatic heterocycles. The molecule has 2 rings (SSSR count). The highest BCUT2D eigenvalue weighted by Gasteiger charge is 2.30. The summed E-state index contributed by atoms with van der Waals surface area (Å²) in [6.07, 6.45) is 7.38. The number of rotatable bonds is 3. The fourth-order valence-electron chi connectivity index (χ4n) is 2.61. The zero-order chi connectivity index (χ0) is 13.8. The lowest BCUT2D eigenvalue weighted by Crippen LogP contribution is -2.44. The molecule has 0 heterocycles. The highest BCUT2D eigenvalue weighted by Crippen LogP contribution is 2.35. The number of hydrogen-bond donors (Lipinski definition) is 1. The fraction of sp³-hybridized carbons (Fsp3) is 0.438. The molecule has 1 atom stereocenters. The van der Waals surface area contributed by atoms with Crippen LogP contribution >= 0.6 is 0 Å². The standard InChI is InChI=1S/C16H20N2O/c1-4-11-18(16(19)17-12(2)3)15-10-9-13-7-5-6-8-14(13)15/h1,5-8,12,15H,9-11H2,2-3H3,(H,17,19)/t15-/m0/s1. The van der Waals surface area contributed by atoms with E-state index in [1.165, 1.54) is 11.1 Å². The van der Waals surface area contributed by atoms with Crippen LogP contribution in [0.3, 0.4) is 0 Å². The Morgan fingerprint density at radius 1 is 1.53 bits per heavy atom.